The second-order valence-corrected chi connectivity index (χ2v) is 7.40. The van der Waals surface area contributed by atoms with Gasteiger partial charge in [0, 0.05) is 32.8 Å². The Morgan fingerprint density at radius 2 is 2.00 bits per heavy atom. The number of hydrogen-bond donors (Lipinski definition) is 1. The Kier molecular flexibility index (Phi) is 5.07. The summed E-state index contributed by atoms with van der Waals surface area (Å²) in [4.78, 5) is 33.0. The lowest BCUT2D eigenvalue weighted by atomic mass is 10.1. The van der Waals surface area contributed by atoms with E-state index >= 15 is 0 Å². The van der Waals surface area contributed by atoms with Crippen LogP contribution in [0.15, 0.2) is 64.3 Å². The van der Waals surface area contributed by atoms with Crippen LogP contribution < -0.4 is 5.43 Å². The zero-order valence-corrected chi connectivity index (χ0v) is 16.4. The minimum absolute atomic E-state index is 0.0419. The molecule has 0 atom stereocenters. The predicted molar refractivity (Wildman–Crippen MR) is 112 cm³/mol. The molecule has 5 nitrogen and oxygen atoms in total. The number of hydrogen-bond acceptors (Lipinski definition) is 5. The van der Waals surface area contributed by atoms with Crippen molar-refractivity contribution in [3.63, 3.8) is 0 Å². The lowest BCUT2D eigenvalue weighted by Gasteiger charge is -2.09. The molecule has 1 N–H and O–H groups in total. The van der Waals surface area contributed by atoms with Gasteiger partial charge in [-0.2, -0.15) is 0 Å². The van der Waals surface area contributed by atoms with Gasteiger partial charge in [0.1, 0.15) is 17.5 Å². The van der Waals surface area contributed by atoms with E-state index in [4.69, 9.17) is 16.3 Å². The maximum Gasteiger partial charge on any atom is 0.355 e. The Morgan fingerprint density at radius 1 is 1.18 bits per heavy atom. The van der Waals surface area contributed by atoms with Crippen LogP contribution >= 0.6 is 23.4 Å². The van der Waals surface area contributed by atoms with Gasteiger partial charge in [-0.05, 0) is 36.6 Å². The summed E-state index contributed by atoms with van der Waals surface area (Å²) in [5.41, 5.74) is 1.82. The number of halogens is 1. The number of fused-ring (bicyclic) bond motifs is 2. The lowest BCUT2D eigenvalue weighted by Crippen LogP contribution is -2.13. The van der Waals surface area contributed by atoms with Crippen LogP contribution in [0.25, 0.3) is 21.8 Å². The number of ether oxygens (including phenoxy) is 1. The Bertz CT molecular complexity index is 1270. The van der Waals surface area contributed by atoms with Gasteiger partial charge in [-0.25, -0.2) is 9.78 Å². The molecule has 2 aromatic heterocycles. The number of aromatic amines is 1. The Hall–Kier alpha value is -2.83. The first-order valence-electron chi connectivity index (χ1n) is 8.47. The monoisotopic (exact) mass is 410 g/mol. The SMILES string of the molecule is CSc1ccc2cc(COC(=O)c3cc(=O)c4ccccc4[nH]3)c(Cl)nc2c1. The number of aromatic nitrogens is 2. The van der Waals surface area contributed by atoms with Crippen LogP contribution in [0.3, 0.4) is 0 Å². The van der Waals surface area contributed by atoms with Gasteiger partial charge >= 0.3 is 5.97 Å². The molecule has 0 saturated carbocycles. The third-order valence-corrected chi connectivity index (χ3v) is 5.42. The summed E-state index contributed by atoms with van der Waals surface area (Å²) in [6, 6.07) is 16.0. The van der Waals surface area contributed by atoms with E-state index in [9.17, 15) is 9.59 Å². The fourth-order valence-corrected chi connectivity index (χ4v) is 3.56. The van der Waals surface area contributed by atoms with Crippen molar-refractivity contribution in [3.8, 4) is 0 Å². The molecular weight excluding hydrogens is 396 g/mol. The molecule has 7 heteroatoms. The highest BCUT2D eigenvalue weighted by Crippen LogP contribution is 2.25. The van der Waals surface area contributed by atoms with Gasteiger partial charge in [0.05, 0.1) is 5.52 Å². The third-order valence-electron chi connectivity index (χ3n) is 4.37. The maximum absolute atomic E-state index is 12.4. The van der Waals surface area contributed by atoms with Gasteiger partial charge in [-0.15, -0.1) is 11.8 Å². The van der Waals surface area contributed by atoms with Gasteiger partial charge < -0.3 is 9.72 Å². The fraction of sp³-hybridized carbons (Fsp3) is 0.0952. The number of rotatable bonds is 4. The minimum atomic E-state index is -0.628. The molecule has 2 heterocycles. The Labute approximate surface area is 169 Å². The van der Waals surface area contributed by atoms with Crippen LogP contribution in [0.2, 0.25) is 5.15 Å². The first kappa shape index (κ1) is 18.5. The maximum atomic E-state index is 12.4. The van der Waals surface area contributed by atoms with Crippen LogP contribution in [-0.2, 0) is 11.3 Å². The van der Waals surface area contributed by atoms with E-state index in [1.807, 2.05) is 30.5 Å². The van der Waals surface area contributed by atoms with Crippen molar-refractivity contribution in [2.24, 2.45) is 0 Å². The molecule has 0 spiro atoms. The number of benzene rings is 2. The van der Waals surface area contributed by atoms with E-state index in [0.29, 0.717) is 16.5 Å². The highest BCUT2D eigenvalue weighted by atomic mass is 35.5. The molecule has 2 aromatic carbocycles. The van der Waals surface area contributed by atoms with Crippen molar-refractivity contribution in [1.29, 1.82) is 0 Å². The van der Waals surface area contributed by atoms with Crippen molar-refractivity contribution in [3.05, 3.63) is 81.2 Å². The topological polar surface area (TPSA) is 72.1 Å². The molecule has 0 aliphatic rings. The van der Waals surface area contributed by atoms with Crippen molar-refractivity contribution in [1.82, 2.24) is 9.97 Å². The number of nitrogens with zero attached hydrogens (tertiary/aromatic N) is 1. The first-order valence-corrected chi connectivity index (χ1v) is 10.1. The van der Waals surface area contributed by atoms with E-state index in [1.165, 1.54) is 6.07 Å². The average Bonchev–Trinajstić information content (AvgIpc) is 2.71. The summed E-state index contributed by atoms with van der Waals surface area (Å²) in [5.74, 6) is -0.628. The highest BCUT2D eigenvalue weighted by Gasteiger charge is 2.13. The van der Waals surface area contributed by atoms with Crippen LogP contribution in [0, 0.1) is 0 Å². The number of carbonyl (C=O) groups is 1. The van der Waals surface area contributed by atoms with Crippen LogP contribution in [0.4, 0.5) is 0 Å². The van der Waals surface area contributed by atoms with Crippen LogP contribution in [-0.4, -0.2) is 22.2 Å². The van der Waals surface area contributed by atoms with Gasteiger partial charge in [0.25, 0.3) is 0 Å². The number of H-pyrrole nitrogens is 1. The summed E-state index contributed by atoms with van der Waals surface area (Å²) >= 11 is 7.89. The molecule has 0 aliphatic carbocycles. The molecule has 0 aliphatic heterocycles. The summed E-state index contributed by atoms with van der Waals surface area (Å²) in [6.45, 7) is -0.0419. The Balaban J connectivity index is 1.58. The first-order chi connectivity index (χ1) is 13.5. The molecular formula is C21H15ClN2O3S. The van der Waals surface area contributed by atoms with E-state index in [-0.39, 0.29) is 22.9 Å². The summed E-state index contributed by atoms with van der Waals surface area (Å²) in [7, 11) is 0. The van der Waals surface area contributed by atoms with Gasteiger partial charge in [-0.1, -0.05) is 29.8 Å². The second kappa shape index (κ2) is 7.66. The van der Waals surface area contributed by atoms with Crippen molar-refractivity contribution < 1.29 is 9.53 Å². The predicted octanol–water partition coefficient (Wildman–Crippen LogP) is 4.81. The lowest BCUT2D eigenvalue weighted by molar-refractivity contribution is 0.0466. The number of carbonyl (C=O) groups excluding carboxylic acids is 1. The molecule has 0 fully saturated rings. The van der Waals surface area contributed by atoms with E-state index in [0.717, 1.165) is 15.8 Å². The smallest absolute Gasteiger partial charge is 0.355 e. The molecule has 0 bridgehead atoms. The zero-order valence-electron chi connectivity index (χ0n) is 14.9. The number of esters is 1. The third kappa shape index (κ3) is 3.61. The van der Waals surface area contributed by atoms with E-state index in [1.54, 1.807) is 36.0 Å². The normalized spacial score (nSPS) is 11.1. The van der Waals surface area contributed by atoms with Crippen LogP contribution in [0.5, 0.6) is 0 Å². The summed E-state index contributed by atoms with van der Waals surface area (Å²) in [6.07, 6.45) is 1.99. The van der Waals surface area contributed by atoms with Crippen molar-refractivity contribution >= 4 is 51.1 Å². The molecule has 0 unspecified atom stereocenters. The van der Waals surface area contributed by atoms with Crippen molar-refractivity contribution in [2.75, 3.05) is 6.26 Å². The average molecular weight is 411 g/mol. The second-order valence-electron chi connectivity index (χ2n) is 6.17. The standard InChI is InChI=1S/C21H15ClN2O3S/c1-28-14-7-6-12-8-13(20(22)24-17(12)9-14)11-27-21(26)18-10-19(25)15-4-2-3-5-16(15)23-18/h2-10H,11H2,1H3,(H,23,25). The largest absolute Gasteiger partial charge is 0.456 e. The number of nitrogens with one attached hydrogen (secondary N) is 1. The Morgan fingerprint density at radius 3 is 2.82 bits per heavy atom. The zero-order chi connectivity index (χ0) is 19.7. The molecule has 140 valence electrons. The number of thioether (sulfide) groups is 1. The van der Waals surface area contributed by atoms with Gasteiger partial charge in [-0.3, -0.25) is 4.79 Å². The summed E-state index contributed by atoms with van der Waals surface area (Å²) < 4.78 is 5.36. The molecule has 4 rings (SSSR count). The van der Waals surface area contributed by atoms with Crippen molar-refractivity contribution in [2.45, 2.75) is 11.5 Å². The van der Waals surface area contributed by atoms with Gasteiger partial charge in [0.2, 0.25) is 0 Å². The highest BCUT2D eigenvalue weighted by molar-refractivity contribution is 7.98. The number of pyridine rings is 2. The molecule has 4 aromatic rings. The number of para-hydroxylation sites is 1. The molecule has 0 amide bonds. The molecule has 28 heavy (non-hydrogen) atoms. The van der Waals surface area contributed by atoms with Gasteiger partial charge in [0.15, 0.2) is 5.43 Å². The fourth-order valence-electron chi connectivity index (χ4n) is 2.92. The summed E-state index contributed by atoms with van der Waals surface area (Å²) in [5, 5.41) is 1.71. The minimum Gasteiger partial charge on any atom is -0.456 e. The van der Waals surface area contributed by atoms with E-state index < -0.39 is 5.97 Å². The van der Waals surface area contributed by atoms with E-state index in [2.05, 4.69) is 9.97 Å². The quantitative estimate of drug-likeness (QED) is 0.297. The molecule has 0 saturated heterocycles. The van der Waals surface area contributed by atoms with Crippen LogP contribution in [0.1, 0.15) is 16.1 Å². The molecule has 0 radical (unpaired) electrons.